The van der Waals surface area contributed by atoms with Gasteiger partial charge < -0.3 is 10.4 Å². The van der Waals surface area contributed by atoms with Crippen LogP contribution >= 0.6 is 0 Å². The molecule has 0 unspecified atom stereocenters. The topological polar surface area (TPSA) is 67.2 Å². The summed E-state index contributed by atoms with van der Waals surface area (Å²) < 4.78 is 1.73. The Morgan fingerprint density at radius 3 is 2.95 bits per heavy atom. The molecule has 0 atom stereocenters. The van der Waals surface area contributed by atoms with Crippen molar-refractivity contribution in [1.82, 2.24) is 15.1 Å². The highest BCUT2D eigenvalue weighted by Gasteiger charge is 2.11. The van der Waals surface area contributed by atoms with Crippen LogP contribution in [0.25, 0.3) is 0 Å². The number of aryl methyl sites for hydroxylation is 2. The molecular weight excluding hydrogens is 242 g/mol. The first-order valence-corrected chi connectivity index (χ1v) is 6.12. The van der Waals surface area contributed by atoms with Crippen molar-refractivity contribution in [1.29, 1.82) is 0 Å². The van der Waals surface area contributed by atoms with Gasteiger partial charge in [-0.1, -0.05) is 12.1 Å². The Bertz CT molecular complexity index is 590. The van der Waals surface area contributed by atoms with Gasteiger partial charge in [0, 0.05) is 19.8 Å². The van der Waals surface area contributed by atoms with Crippen LogP contribution in [0, 0.1) is 6.92 Å². The summed E-state index contributed by atoms with van der Waals surface area (Å²) in [6.45, 7) is 2.28. The van der Waals surface area contributed by atoms with Gasteiger partial charge in [-0.3, -0.25) is 9.48 Å². The minimum Gasteiger partial charge on any atom is -0.507 e. The van der Waals surface area contributed by atoms with E-state index >= 15 is 0 Å². The SMILES string of the molecule is Cc1cccc(C(=O)NCCc2cnn(C)c2)c1O. The lowest BCUT2D eigenvalue weighted by Gasteiger charge is -2.07. The van der Waals surface area contributed by atoms with E-state index in [2.05, 4.69) is 10.4 Å². The Hall–Kier alpha value is -2.30. The molecule has 0 radical (unpaired) electrons. The maximum atomic E-state index is 11.9. The molecule has 1 heterocycles. The molecule has 0 spiro atoms. The Balaban J connectivity index is 1.93. The summed E-state index contributed by atoms with van der Waals surface area (Å²) in [4.78, 5) is 11.9. The lowest BCUT2D eigenvalue weighted by molar-refractivity contribution is 0.0951. The van der Waals surface area contributed by atoms with Crippen molar-refractivity contribution >= 4 is 5.91 Å². The molecule has 0 aliphatic rings. The van der Waals surface area contributed by atoms with Crippen LogP contribution < -0.4 is 5.32 Å². The maximum absolute atomic E-state index is 11.9. The zero-order chi connectivity index (χ0) is 13.8. The lowest BCUT2D eigenvalue weighted by Crippen LogP contribution is -2.25. The van der Waals surface area contributed by atoms with E-state index in [1.807, 2.05) is 13.2 Å². The molecule has 2 rings (SSSR count). The standard InChI is InChI=1S/C14H17N3O2/c1-10-4-3-5-12(13(10)18)14(19)15-7-6-11-8-16-17(2)9-11/h3-5,8-9,18H,6-7H2,1-2H3,(H,15,19). The number of carbonyl (C=O) groups is 1. The number of aromatic hydroxyl groups is 1. The van der Waals surface area contributed by atoms with Crippen molar-refractivity contribution in [3.63, 3.8) is 0 Å². The molecule has 0 aliphatic carbocycles. The normalized spacial score (nSPS) is 10.4. The Kier molecular flexibility index (Phi) is 3.85. The molecular formula is C14H17N3O2. The largest absolute Gasteiger partial charge is 0.507 e. The maximum Gasteiger partial charge on any atom is 0.255 e. The lowest BCUT2D eigenvalue weighted by atomic mass is 10.1. The van der Waals surface area contributed by atoms with Crippen molar-refractivity contribution < 1.29 is 9.90 Å². The number of benzene rings is 1. The van der Waals surface area contributed by atoms with Crippen molar-refractivity contribution in [3.05, 3.63) is 47.3 Å². The first-order chi connectivity index (χ1) is 9.08. The molecule has 0 aliphatic heterocycles. The number of hydrogen-bond acceptors (Lipinski definition) is 3. The fourth-order valence-electron chi connectivity index (χ4n) is 1.86. The quantitative estimate of drug-likeness (QED) is 0.872. The molecule has 2 N–H and O–H groups in total. The van der Waals surface area contributed by atoms with Gasteiger partial charge in [0.05, 0.1) is 11.8 Å². The van der Waals surface area contributed by atoms with Crippen LogP contribution in [0.4, 0.5) is 0 Å². The highest BCUT2D eigenvalue weighted by molar-refractivity contribution is 5.97. The number of aromatic nitrogens is 2. The average Bonchev–Trinajstić information content (AvgIpc) is 2.78. The summed E-state index contributed by atoms with van der Waals surface area (Å²) in [5.74, 6) is -0.216. The Morgan fingerprint density at radius 2 is 2.26 bits per heavy atom. The van der Waals surface area contributed by atoms with E-state index in [1.165, 1.54) is 0 Å². The number of rotatable bonds is 4. The number of nitrogens with one attached hydrogen (secondary N) is 1. The van der Waals surface area contributed by atoms with Crippen LogP contribution in [0.3, 0.4) is 0 Å². The molecule has 1 amide bonds. The highest BCUT2D eigenvalue weighted by atomic mass is 16.3. The molecule has 5 heteroatoms. The summed E-state index contributed by atoms with van der Waals surface area (Å²) in [7, 11) is 1.85. The van der Waals surface area contributed by atoms with Gasteiger partial charge in [-0.05, 0) is 30.5 Å². The fourth-order valence-corrected chi connectivity index (χ4v) is 1.86. The van der Waals surface area contributed by atoms with E-state index in [9.17, 15) is 9.90 Å². The summed E-state index contributed by atoms with van der Waals surface area (Å²) in [6.07, 6.45) is 4.40. The average molecular weight is 259 g/mol. The predicted molar refractivity (Wildman–Crippen MR) is 72.1 cm³/mol. The summed E-state index contributed by atoms with van der Waals surface area (Å²) in [5.41, 5.74) is 2.07. The summed E-state index contributed by atoms with van der Waals surface area (Å²) in [6, 6.07) is 5.13. The number of phenolic OH excluding ortho intramolecular Hbond substituents is 1. The van der Waals surface area contributed by atoms with Gasteiger partial charge in [-0.2, -0.15) is 5.10 Å². The summed E-state index contributed by atoms with van der Waals surface area (Å²) in [5, 5.41) is 16.7. The number of hydrogen-bond donors (Lipinski definition) is 2. The van der Waals surface area contributed by atoms with Gasteiger partial charge in [-0.25, -0.2) is 0 Å². The van der Waals surface area contributed by atoms with E-state index in [-0.39, 0.29) is 11.7 Å². The summed E-state index contributed by atoms with van der Waals surface area (Å²) >= 11 is 0. The first kappa shape index (κ1) is 13.1. The monoisotopic (exact) mass is 259 g/mol. The number of para-hydroxylation sites is 1. The molecule has 0 bridgehead atoms. The first-order valence-electron chi connectivity index (χ1n) is 6.12. The fraction of sp³-hybridized carbons (Fsp3) is 0.286. The second-order valence-electron chi connectivity index (χ2n) is 4.50. The minimum atomic E-state index is -0.259. The molecule has 1 aromatic carbocycles. The highest BCUT2D eigenvalue weighted by Crippen LogP contribution is 2.20. The van der Waals surface area contributed by atoms with Gasteiger partial charge in [0.1, 0.15) is 5.75 Å². The third kappa shape index (κ3) is 3.13. The number of carbonyl (C=O) groups excluding carboxylic acids is 1. The molecule has 1 aromatic heterocycles. The van der Waals surface area contributed by atoms with Crippen LogP contribution in [-0.2, 0) is 13.5 Å². The number of phenols is 1. The Labute approximate surface area is 111 Å². The van der Waals surface area contributed by atoms with Crippen molar-refractivity contribution in [2.45, 2.75) is 13.3 Å². The van der Waals surface area contributed by atoms with E-state index in [4.69, 9.17) is 0 Å². The number of nitrogens with zero attached hydrogens (tertiary/aromatic N) is 2. The third-order valence-corrected chi connectivity index (χ3v) is 2.94. The molecule has 19 heavy (non-hydrogen) atoms. The van der Waals surface area contributed by atoms with Crippen molar-refractivity contribution in [2.75, 3.05) is 6.54 Å². The van der Waals surface area contributed by atoms with E-state index in [0.29, 0.717) is 24.1 Å². The second-order valence-corrected chi connectivity index (χ2v) is 4.50. The molecule has 100 valence electrons. The zero-order valence-electron chi connectivity index (χ0n) is 11.1. The minimum absolute atomic E-state index is 0.0429. The van der Waals surface area contributed by atoms with Gasteiger partial charge in [-0.15, -0.1) is 0 Å². The van der Waals surface area contributed by atoms with Gasteiger partial charge in [0.2, 0.25) is 0 Å². The predicted octanol–water partition coefficient (Wildman–Crippen LogP) is 1.41. The molecule has 0 fully saturated rings. The van der Waals surface area contributed by atoms with Crippen LogP contribution in [0.5, 0.6) is 5.75 Å². The van der Waals surface area contributed by atoms with Crippen molar-refractivity contribution in [3.8, 4) is 5.75 Å². The van der Waals surface area contributed by atoms with Crippen LogP contribution in [0.15, 0.2) is 30.6 Å². The van der Waals surface area contributed by atoms with Crippen molar-refractivity contribution in [2.24, 2.45) is 7.05 Å². The van der Waals surface area contributed by atoms with Crippen LogP contribution in [-0.4, -0.2) is 27.3 Å². The smallest absolute Gasteiger partial charge is 0.255 e. The molecule has 5 nitrogen and oxygen atoms in total. The van der Waals surface area contributed by atoms with Crippen LogP contribution in [0.1, 0.15) is 21.5 Å². The Morgan fingerprint density at radius 1 is 1.47 bits per heavy atom. The van der Waals surface area contributed by atoms with Gasteiger partial charge >= 0.3 is 0 Å². The van der Waals surface area contributed by atoms with E-state index in [0.717, 1.165) is 5.56 Å². The molecule has 0 saturated heterocycles. The molecule has 2 aromatic rings. The van der Waals surface area contributed by atoms with Gasteiger partial charge in [0.15, 0.2) is 0 Å². The number of amides is 1. The second kappa shape index (κ2) is 5.56. The van der Waals surface area contributed by atoms with E-state index < -0.39 is 0 Å². The third-order valence-electron chi connectivity index (χ3n) is 2.94. The van der Waals surface area contributed by atoms with Crippen LogP contribution in [0.2, 0.25) is 0 Å². The molecule has 0 saturated carbocycles. The zero-order valence-corrected chi connectivity index (χ0v) is 11.1. The van der Waals surface area contributed by atoms with Gasteiger partial charge in [0.25, 0.3) is 5.91 Å². The van der Waals surface area contributed by atoms with E-state index in [1.54, 1.807) is 36.0 Å².